The lowest BCUT2D eigenvalue weighted by atomic mass is 10.1. The van der Waals surface area contributed by atoms with E-state index in [4.69, 9.17) is 9.47 Å². The molecule has 3 aromatic heterocycles. The highest BCUT2D eigenvalue weighted by molar-refractivity contribution is 5.61. The topological polar surface area (TPSA) is 82.1 Å². The third-order valence-electron chi connectivity index (χ3n) is 4.10. The number of hydrogen-bond donors (Lipinski definition) is 1. The lowest BCUT2D eigenvalue weighted by molar-refractivity contribution is 0.163. The SMILES string of the molecule is Cc1ccc(-c2cc(NCCc3ccnc4c3OCCO4)ncn2)cn1. The second-order valence-electron chi connectivity index (χ2n) is 5.95. The van der Waals surface area contributed by atoms with Gasteiger partial charge in [-0.05, 0) is 31.5 Å². The minimum absolute atomic E-state index is 0.541. The van der Waals surface area contributed by atoms with Crippen molar-refractivity contribution in [1.29, 1.82) is 0 Å². The van der Waals surface area contributed by atoms with Crippen molar-refractivity contribution in [1.82, 2.24) is 19.9 Å². The molecular weight excluding hydrogens is 330 g/mol. The molecule has 0 saturated heterocycles. The molecule has 0 aliphatic carbocycles. The molecule has 0 bridgehead atoms. The maximum absolute atomic E-state index is 5.70. The van der Waals surface area contributed by atoms with E-state index in [2.05, 4.69) is 25.3 Å². The lowest BCUT2D eigenvalue weighted by Crippen LogP contribution is -2.18. The number of hydrogen-bond acceptors (Lipinski definition) is 7. The van der Waals surface area contributed by atoms with Crippen LogP contribution in [0.5, 0.6) is 11.6 Å². The summed E-state index contributed by atoms with van der Waals surface area (Å²) >= 11 is 0. The van der Waals surface area contributed by atoms with E-state index in [1.165, 1.54) is 0 Å². The number of pyridine rings is 2. The molecule has 26 heavy (non-hydrogen) atoms. The van der Waals surface area contributed by atoms with Crippen molar-refractivity contribution in [2.24, 2.45) is 0 Å². The van der Waals surface area contributed by atoms with Crippen LogP contribution in [-0.4, -0.2) is 39.7 Å². The van der Waals surface area contributed by atoms with Gasteiger partial charge in [0.1, 0.15) is 25.4 Å². The zero-order valence-electron chi connectivity index (χ0n) is 14.5. The molecule has 1 N–H and O–H groups in total. The minimum Gasteiger partial charge on any atom is -0.484 e. The van der Waals surface area contributed by atoms with Crippen LogP contribution in [0.1, 0.15) is 11.3 Å². The van der Waals surface area contributed by atoms with E-state index in [1.54, 1.807) is 12.5 Å². The number of aryl methyl sites for hydroxylation is 1. The number of fused-ring (bicyclic) bond motifs is 1. The van der Waals surface area contributed by atoms with Gasteiger partial charge in [0.2, 0.25) is 0 Å². The molecule has 1 aliphatic heterocycles. The highest BCUT2D eigenvalue weighted by atomic mass is 16.6. The average Bonchev–Trinajstić information content (AvgIpc) is 2.69. The van der Waals surface area contributed by atoms with Gasteiger partial charge in [-0.25, -0.2) is 15.0 Å². The Hall–Kier alpha value is -3.22. The van der Waals surface area contributed by atoms with E-state index in [9.17, 15) is 0 Å². The van der Waals surface area contributed by atoms with Crippen molar-refractivity contribution in [2.75, 3.05) is 25.1 Å². The summed E-state index contributed by atoms with van der Waals surface area (Å²) in [5.41, 5.74) is 3.86. The molecule has 4 heterocycles. The Morgan fingerprint density at radius 1 is 1.04 bits per heavy atom. The summed E-state index contributed by atoms with van der Waals surface area (Å²) in [4.78, 5) is 17.1. The van der Waals surface area contributed by atoms with E-state index in [0.717, 1.165) is 40.5 Å². The van der Waals surface area contributed by atoms with E-state index < -0.39 is 0 Å². The van der Waals surface area contributed by atoms with Gasteiger partial charge in [-0.15, -0.1) is 0 Å². The zero-order valence-corrected chi connectivity index (χ0v) is 14.5. The Morgan fingerprint density at radius 3 is 2.85 bits per heavy atom. The molecule has 0 radical (unpaired) electrons. The standard InChI is InChI=1S/C19H19N5O2/c1-13-2-3-15(11-22-13)16-10-17(24-12-23-16)20-6-4-14-5-7-21-19-18(14)25-8-9-26-19/h2-3,5,7,10-12H,4,6,8-9H2,1H3,(H,20,23,24). The molecule has 7 heteroatoms. The van der Waals surface area contributed by atoms with Crippen LogP contribution in [0.15, 0.2) is 43.0 Å². The van der Waals surface area contributed by atoms with Gasteiger partial charge >= 0.3 is 0 Å². The first-order valence-corrected chi connectivity index (χ1v) is 8.52. The van der Waals surface area contributed by atoms with Crippen LogP contribution in [0.3, 0.4) is 0 Å². The van der Waals surface area contributed by atoms with Crippen molar-refractivity contribution < 1.29 is 9.47 Å². The first-order chi connectivity index (χ1) is 12.8. The second kappa shape index (κ2) is 7.35. The van der Waals surface area contributed by atoms with Crippen LogP contribution >= 0.6 is 0 Å². The highest BCUT2D eigenvalue weighted by Gasteiger charge is 2.16. The van der Waals surface area contributed by atoms with E-state index in [1.807, 2.05) is 37.4 Å². The van der Waals surface area contributed by atoms with Crippen LogP contribution in [0.25, 0.3) is 11.3 Å². The van der Waals surface area contributed by atoms with Gasteiger partial charge in [-0.3, -0.25) is 4.98 Å². The van der Waals surface area contributed by atoms with Gasteiger partial charge in [0, 0.05) is 41.8 Å². The van der Waals surface area contributed by atoms with Crippen molar-refractivity contribution in [3.63, 3.8) is 0 Å². The zero-order chi connectivity index (χ0) is 17.8. The molecule has 4 rings (SSSR count). The maximum Gasteiger partial charge on any atom is 0.257 e. The van der Waals surface area contributed by atoms with Crippen molar-refractivity contribution in [2.45, 2.75) is 13.3 Å². The molecule has 3 aromatic rings. The summed E-state index contributed by atoms with van der Waals surface area (Å²) in [6.45, 7) is 3.77. The molecule has 0 amide bonds. The molecule has 0 saturated carbocycles. The fraction of sp³-hybridized carbons (Fsp3) is 0.263. The third kappa shape index (κ3) is 3.56. The Morgan fingerprint density at radius 2 is 1.96 bits per heavy atom. The smallest absolute Gasteiger partial charge is 0.257 e. The van der Waals surface area contributed by atoms with Crippen molar-refractivity contribution >= 4 is 5.82 Å². The molecule has 0 unspecified atom stereocenters. The fourth-order valence-corrected chi connectivity index (χ4v) is 2.76. The van der Waals surface area contributed by atoms with Crippen LogP contribution in [0.2, 0.25) is 0 Å². The van der Waals surface area contributed by atoms with Gasteiger partial charge in [-0.1, -0.05) is 0 Å². The largest absolute Gasteiger partial charge is 0.484 e. The minimum atomic E-state index is 0.541. The summed E-state index contributed by atoms with van der Waals surface area (Å²) in [7, 11) is 0. The first kappa shape index (κ1) is 16.3. The molecular formula is C19H19N5O2. The van der Waals surface area contributed by atoms with Gasteiger partial charge < -0.3 is 14.8 Å². The Kier molecular flexibility index (Phi) is 4.59. The fourth-order valence-electron chi connectivity index (χ4n) is 2.76. The summed E-state index contributed by atoms with van der Waals surface area (Å²) in [6, 6.07) is 7.86. The Labute approximate surface area is 151 Å². The lowest BCUT2D eigenvalue weighted by Gasteiger charge is -2.19. The van der Waals surface area contributed by atoms with Crippen LogP contribution in [-0.2, 0) is 6.42 Å². The summed E-state index contributed by atoms with van der Waals surface area (Å²) in [5, 5.41) is 3.33. The highest BCUT2D eigenvalue weighted by Crippen LogP contribution is 2.31. The van der Waals surface area contributed by atoms with E-state index >= 15 is 0 Å². The average molecular weight is 349 g/mol. The third-order valence-corrected chi connectivity index (χ3v) is 4.10. The summed E-state index contributed by atoms with van der Waals surface area (Å²) in [5.74, 6) is 2.09. The molecule has 0 spiro atoms. The summed E-state index contributed by atoms with van der Waals surface area (Å²) < 4.78 is 11.2. The number of nitrogens with zero attached hydrogens (tertiary/aromatic N) is 4. The second-order valence-corrected chi connectivity index (χ2v) is 5.95. The Balaban J connectivity index is 1.43. The molecule has 0 fully saturated rings. The predicted octanol–water partition coefficient (Wildman–Crippen LogP) is 2.67. The van der Waals surface area contributed by atoms with E-state index in [-0.39, 0.29) is 0 Å². The predicted molar refractivity (Wildman–Crippen MR) is 97.4 cm³/mol. The number of rotatable bonds is 5. The number of aromatic nitrogens is 4. The normalized spacial score (nSPS) is 12.7. The van der Waals surface area contributed by atoms with Crippen molar-refractivity contribution in [3.8, 4) is 22.9 Å². The van der Waals surface area contributed by atoms with E-state index in [0.29, 0.717) is 25.6 Å². The Bertz CT molecular complexity index is 899. The van der Waals surface area contributed by atoms with Gasteiger partial charge in [0.15, 0.2) is 5.75 Å². The first-order valence-electron chi connectivity index (χ1n) is 8.52. The maximum atomic E-state index is 5.70. The number of nitrogens with one attached hydrogen (secondary N) is 1. The van der Waals surface area contributed by atoms with Gasteiger partial charge in [0.25, 0.3) is 5.88 Å². The van der Waals surface area contributed by atoms with Crippen LogP contribution in [0.4, 0.5) is 5.82 Å². The molecule has 132 valence electrons. The van der Waals surface area contributed by atoms with Crippen molar-refractivity contribution in [3.05, 3.63) is 54.2 Å². The quantitative estimate of drug-likeness (QED) is 0.758. The van der Waals surface area contributed by atoms with Crippen LogP contribution in [0, 0.1) is 6.92 Å². The molecule has 1 aliphatic rings. The molecule has 0 atom stereocenters. The van der Waals surface area contributed by atoms with Gasteiger partial charge in [-0.2, -0.15) is 0 Å². The number of ether oxygens (including phenoxy) is 2. The van der Waals surface area contributed by atoms with Crippen LogP contribution < -0.4 is 14.8 Å². The van der Waals surface area contributed by atoms with Gasteiger partial charge in [0.05, 0.1) is 5.69 Å². The summed E-state index contributed by atoms with van der Waals surface area (Å²) in [6.07, 6.45) is 5.90. The monoisotopic (exact) mass is 349 g/mol. The molecule has 0 aromatic carbocycles. The number of anilines is 1. The molecule has 7 nitrogen and oxygen atoms in total.